The molecule has 1 rings (SSSR count). The molecule has 0 radical (unpaired) electrons. The predicted octanol–water partition coefficient (Wildman–Crippen LogP) is 2.07. The third-order valence-electron chi connectivity index (χ3n) is 1.54. The van der Waals surface area contributed by atoms with Gasteiger partial charge in [-0.25, -0.2) is 4.98 Å². The van der Waals surface area contributed by atoms with Crippen molar-refractivity contribution in [2.75, 3.05) is 0 Å². The van der Waals surface area contributed by atoms with E-state index in [0.717, 1.165) is 5.69 Å². The fourth-order valence-corrected chi connectivity index (χ4v) is 0.763. The maximum absolute atomic E-state index is 4.11. The number of hydrogen-bond acceptors (Lipinski definition) is 1. The summed E-state index contributed by atoms with van der Waals surface area (Å²) in [6.07, 6.45) is 5.89. The molecule has 0 saturated carbocycles. The lowest BCUT2D eigenvalue weighted by atomic mass is 10.4. The summed E-state index contributed by atoms with van der Waals surface area (Å²) >= 11 is 0. The molecule has 0 amide bonds. The summed E-state index contributed by atoms with van der Waals surface area (Å²) in [5.74, 6) is 0. The van der Waals surface area contributed by atoms with Gasteiger partial charge < -0.3 is 4.57 Å². The second kappa shape index (κ2) is 2.69. The summed E-state index contributed by atoms with van der Waals surface area (Å²) in [6, 6.07) is 0. The highest BCUT2D eigenvalue weighted by molar-refractivity contribution is 5.40. The van der Waals surface area contributed by atoms with Crippen LogP contribution in [0.15, 0.2) is 18.6 Å². The van der Waals surface area contributed by atoms with E-state index in [2.05, 4.69) is 18.0 Å². The molecule has 10 heavy (non-hydrogen) atoms. The van der Waals surface area contributed by atoms with Crippen molar-refractivity contribution in [2.45, 2.75) is 20.8 Å². The van der Waals surface area contributed by atoms with Crippen LogP contribution in [-0.2, 0) is 0 Å². The van der Waals surface area contributed by atoms with E-state index in [1.807, 2.05) is 30.9 Å². The van der Waals surface area contributed by atoms with Gasteiger partial charge in [0.2, 0.25) is 0 Å². The zero-order valence-electron chi connectivity index (χ0n) is 6.63. The quantitative estimate of drug-likeness (QED) is 0.578. The SMILES string of the molecule is CC=C(C)n1cnc(C)c1. The summed E-state index contributed by atoms with van der Waals surface area (Å²) in [6.45, 7) is 6.06. The van der Waals surface area contributed by atoms with Gasteiger partial charge in [0.25, 0.3) is 0 Å². The number of hydrogen-bond donors (Lipinski definition) is 0. The molecule has 0 spiro atoms. The lowest BCUT2D eigenvalue weighted by Gasteiger charge is -1.97. The summed E-state index contributed by atoms with van der Waals surface area (Å²) < 4.78 is 2.01. The Labute approximate surface area is 61.2 Å². The van der Waals surface area contributed by atoms with Crippen molar-refractivity contribution in [3.63, 3.8) is 0 Å². The molecule has 1 aromatic heterocycles. The van der Waals surface area contributed by atoms with E-state index in [1.54, 1.807) is 0 Å². The Kier molecular flexibility index (Phi) is 1.90. The predicted molar refractivity (Wildman–Crippen MR) is 42.6 cm³/mol. The lowest BCUT2D eigenvalue weighted by molar-refractivity contribution is 1.07. The molecular formula is C8H12N2. The fraction of sp³-hybridized carbons (Fsp3) is 0.375. The van der Waals surface area contributed by atoms with E-state index < -0.39 is 0 Å². The number of aromatic nitrogens is 2. The van der Waals surface area contributed by atoms with E-state index in [4.69, 9.17) is 0 Å². The van der Waals surface area contributed by atoms with Gasteiger partial charge in [-0.05, 0) is 20.8 Å². The van der Waals surface area contributed by atoms with Gasteiger partial charge >= 0.3 is 0 Å². The number of aryl methyl sites for hydroxylation is 1. The molecule has 0 aliphatic carbocycles. The smallest absolute Gasteiger partial charge is 0.0992 e. The maximum Gasteiger partial charge on any atom is 0.0992 e. The number of imidazole rings is 1. The first-order valence-corrected chi connectivity index (χ1v) is 3.38. The van der Waals surface area contributed by atoms with Gasteiger partial charge in [0.1, 0.15) is 0 Å². The lowest BCUT2D eigenvalue weighted by Crippen LogP contribution is -1.86. The molecule has 54 valence electrons. The molecular weight excluding hydrogens is 124 g/mol. The van der Waals surface area contributed by atoms with Crippen LogP contribution in [-0.4, -0.2) is 9.55 Å². The second-order valence-electron chi connectivity index (χ2n) is 2.35. The second-order valence-corrected chi connectivity index (χ2v) is 2.35. The van der Waals surface area contributed by atoms with E-state index in [0.29, 0.717) is 0 Å². The molecule has 0 aromatic carbocycles. The van der Waals surface area contributed by atoms with Gasteiger partial charge in [-0.15, -0.1) is 0 Å². The largest absolute Gasteiger partial charge is 0.310 e. The van der Waals surface area contributed by atoms with Crippen LogP contribution in [0.5, 0.6) is 0 Å². The van der Waals surface area contributed by atoms with Crippen molar-refractivity contribution >= 4 is 5.70 Å². The van der Waals surface area contributed by atoms with Crippen LogP contribution in [0, 0.1) is 6.92 Å². The Bertz CT molecular complexity index is 246. The van der Waals surface area contributed by atoms with Gasteiger partial charge in [-0.2, -0.15) is 0 Å². The Morgan fingerprint density at radius 2 is 2.40 bits per heavy atom. The summed E-state index contributed by atoms with van der Waals surface area (Å²) in [5, 5.41) is 0. The average molecular weight is 136 g/mol. The monoisotopic (exact) mass is 136 g/mol. The summed E-state index contributed by atoms with van der Waals surface area (Å²) in [5.41, 5.74) is 2.27. The molecule has 0 aliphatic heterocycles. The Morgan fingerprint density at radius 1 is 1.70 bits per heavy atom. The Balaban J connectivity index is 2.95. The zero-order chi connectivity index (χ0) is 7.56. The minimum Gasteiger partial charge on any atom is -0.310 e. The molecule has 2 heteroatoms. The summed E-state index contributed by atoms with van der Waals surface area (Å²) in [7, 11) is 0. The number of nitrogens with zero attached hydrogens (tertiary/aromatic N) is 2. The normalized spacial score (nSPS) is 12.1. The first-order valence-electron chi connectivity index (χ1n) is 3.38. The number of allylic oxidation sites excluding steroid dienone is 2. The van der Waals surface area contributed by atoms with Crippen LogP contribution < -0.4 is 0 Å². The van der Waals surface area contributed by atoms with Crippen LogP contribution >= 0.6 is 0 Å². The van der Waals surface area contributed by atoms with Crippen molar-refractivity contribution in [3.05, 3.63) is 24.3 Å². The molecule has 0 unspecified atom stereocenters. The van der Waals surface area contributed by atoms with Crippen molar-refractivity contribution in [2.24, 2.45) is 0 Å². The Morgan fingerprint density at radius 3 is 2.80 bits per heavy atom. The molecule has 1 heterocycles. The average Bonchev–Trinajstić information content (AvgIpc) is 2.34. The van der Waals surface area contributed by atoms with E-state index in [1.165, 1.54) is 5.70 Å². The van der Waals surface area contributed by atoms with Crippen molar-refractivity contribution in [1.29, 1.82) is 0 Å². The fourth-order valence-electron chi connectivity index (χ4n) is 0.763. The first kappa shape index (κ1) is 7.06. The van der Waals surface area contributed by atoms with Gasteiger partial charge in [-0.1, -0.05) is 6.08 Å². The molecule has 0 N–H and O–H groups in total. The third-order valence-corrected chi connectivity index (χ3v) is 1.54. The van der Waals surface area contributed by atoms with Crippen LogP contribution in [0.4, 0.5) is 0 Å². The van der Waals surface area contributed by atoms with Crippen molar-refractivity contribution in [3.8, 4) is 0 Å². The zero-order valence-corrected chi connectivity index (χ0v) is 6.63. The first-order chi connectivity index (χ1) is 4.74. The van der Waals surface area contributed by atoms with E-state index >= 15 is 0 Å². The molecule has 0 saturated heterocycles. The summed E-state index contributed by atoms with van der Waals surface area (Å²) in [4.78, 5) is 4.11. The minimum atomic E-state index is 1.06. The van der Waals surface area contributed by atoms with Gasteiger partial charge in [0.15, 0.2) is 0 Å². The van der Waals surface area contributed by atoms with E-state index in [-0.39, 0.29) is 0 Å². The van der Waals surface area contributed by atoms with Gasteiger partial charge in [-0.3, -0.25) is 0 Å². The molecule has 0 aliphatic rings. The van der Waals surface area contributed by atoms with Crippen LogP contribution in [0.1, 0.15) is 19.5 Å². The molecule has 1 aromatic rings. The molecule has 2 nitrogen and oxygen atoms in total. The van der Waals surface area contributed by atoms with Crippen LogP contribution in [0.2, 0.25) is 0 Å². The van der Waals surface area contributed by atoms with Gasteiger partial charge in [0, 0.05) is 11.9 Å². The minimum absolute atomic E-state index is 1.06. The van der Waals surface area contributed by atoms with Crippen LogP contribution in [0.25, 0.3) is 5.70 Å². The highest BCUT2D eigenvalue weighted by atomic mass is 15.0. The third kappa shape index (κ3) is 1.26. The Hall–Kier alpha value is -1.05. The van der Waals surface area contributed by atoms with Crippen LogP contribution in [0.3, 0.4) is 0 Å². The van der Waals surface area contributed by atoms with E-state index in [9.17, 15) is 0 Å². The van der Waals surface area contributed by atoms with Crippen molar-refractivity contribution < 1.29 is 0 Å². The highest BCUT2D eigenvalue weighted by Gasteiger charge is 1.91. The highest BCUT2D eigenvalue weighted by Crippen LogP contribution is 2.02. The molecule has 0 atom stereocenters. The van der Waals surface area contributed by atoms with Crippen molar-refractivity contribution in [1.82, 2.24) is 9.55 Å². The number of rotatable bonds is 1. The van der Waals surface area contributed by atoms with Gasteiger partial charge in [0.05, 0.1) is 12.0 Å². The molecule has 0 fully saturated rings. The maximum atomic E-state index is 4.11. The standard InChI is InChI=1S/C8H12N2/c1-4-8(3)10-5-7(2)9-6-10/h4-6H,1-3H3. The topological polar surface area (TPSA) is 17.8 Å². The molecule has 0 bridgehead atoms.